The van der Waals surface area contributed by atoms with Crippen molar-refractivity contribution in [3.8, 4) is 17.0 Å². The van der Waals surface area contributed by atoms with Gasteiger partial charge in [-0.25, -0.2) is 4.98 Å². The Balaban J connectivity index is 1.62. The van der Waals surface area contributed by atoms with E-state index in [1.165, 1.54) is 29.1 Å². The SMILES string of the molecule is CCOc1ccc(-c2cc(=O)n(CCNC(=O)c3cc(Cl)cc(Cl)c3)cn2)cc1. The number of halogens is 2. The Kier molecular flexibility index (Phi) is 6.90. The van der Waals surface area contributed by atoms with E-state index >= 15 is 0 Å². The Morgan fingerprint density at radius 2 is 1.79 bits per heavy atom. The summed E-state index contributed by atoms with van der Waals surface area (Å²) >= 11 is 11.8. The standard InChI is InChI=1S/C21H19Cl2N3O3/c1-2-29-18-5-3-14(4-6-18)19-12-20(27)26(13-25-19)8-7-24-21(28)15-9-16(22)11-17(23)10-15/h3-6,9-13H,2,7-8H2,1H3,(H,24,28). The highest BCUT2D eigenvalue weighted by atomic mass is 35.5. The quantitative estimate of drug-likeness (QED) is 0.612. The molecule has 6 nitrogen and oxygen atoms in total. The molecule has 0 aliphatic rings. The molecule has 150 valence electrons. The molecule has 0 unspecified atom stereocenters. The van der Waals surface area contributed by atoms with Crippen LogP contribution in [0.25, 0.3) is 11.3 Å². The Morgan fingerprint density at radius 3 is 2.41 bits per heavy atom. The highest BCUT2D eigenvalue weighted by molar-refractivity contribution is 6.35. The lowest BCUT2D eigenvalue weighted by Crippen LogP contribution is -2.30. The zero-order chi connectivity index (χ0) is 20.8. The van der Waals surface area contributed by atoms with Gasteiger partial charge in [0, 0.05) is 40.3 Å². The van der Waals surface area contributed by atoms with Crippen LogP contribution in [-0.4, -0.2) is 28.6 Å². The number of hydrogen-bond acceptors (Lipinski definition) is 4. The molecule has 1 aromatic heterocycles. The molecule has 2 aromatic carbocycles. The second-order valence-corrected chi connectivity index (χ2v) is 7.05. The Morgan fingerprint density at radius 1 is 1.10 bits per heavy atom. The zero-order valence-corrected chi connectivity index (χ0v) is 17.2. The topological polar surface area (TPSA) is 73.2 Å². The third kappa shape index (κ3) is 5.59. The second kappa shape index (κ2) is 9.58. The van der Waals surface area contributed by atoms with Crippen molar-refractivity contribution < 1.29 is 9.53 Å². The summed E-state index contributed by atoms with van der Waals surface area (Å²) in [7, 11) is 0. The van der Waals surface area contributed by atoms with Crippen LogP contribution in [0.1, 0.15) is 17.3 Å². The lowest BCUT2D eigenvalue weighted by Gasteiger charge is -2.09. The molecule has 0 aliphatic heterocycles. The number of carbonyl (C=O) groups is 1. The number of aromatic nitrogens is 2. The fourth-order valence-corrected chi connectivity index (χ4v) is 3.24. The van der Waals surface area contributed by atoms with E-state index < -0.39 is 0 Å². The first-order valence-corrected chi connectivity index (χ1v) is 9.76. The molecule has 0 radical (unpaired) electrons. The van der Waals surface area contributed by atoms with Gasteiger partial charge in [0.05, 0.1) is 18.6 Å². The molecule has 1 heterocycles. The summed E-state index contributed by atoms with van der Waals surface area (Å²) in [5, 5.41) is 3.50. The third-order valence-electron chi connectivity index (χ3n) is 4.10. The lowest BCUT2D eigenvalue weighted by atomic mass is 10.1. The summed E-state index contributed by atoms with van der Waals surface area (Å²) in [5.41, 5.74) is 1.55. The molecule has 1 amide bonds. The molecule has 0 spiro atoms. The third-order valence-corrected chi connectivity index (χ3v) is 4.54. The van der Waals surface area contributed by atoms with Crippen molar-refractivity contribution in [1.82, 2.24) is 14.9 Å². The molecule has 0 atom stereocenters. The van der Waals surface area contributed by atoms with Gasteiger partial charge in [0.15, 0.2) is 0 Å². The summed E-state index contributed by atoms with van der Waals surface area (Å²) in [6.07, 6.45) is 1.47. The van der Waals surface area contributed by atoms with E-state index in [9.17, 15) is 9.59 Å². The van der Waals surface area contributed by atoms with Crippen LogP contribution in [-0.2, 0) is 6.54 Å². The minimum atomic E-state index is -0.318. The van der Waals surface area contributed by atoms with E-state index in [0.29, 0.717) is 27.9 Å². The molecule has 1 N–H and O–H groups in total. The van der Waals surface area contributed by atoms with Gasteiger partial charge in [0.25, 0.3) is 11.5 Å². The van der Waals surface area contributed by atoms with E-state index in [1.807, 2.05) is 31.2 Å². The monoisotopic (exact) mass is 431 g/mol. The smallest absolute Gasteiger partial charge is 0.253 e. The van der Waals surface area contributed by atoms with Gasteiger partial charge in [-0.3, -0.25) is 14.2 Å². The van der Waals surface area contributed by atoms with Crippen LogP contribution in [0.3, 0.4) is 0 Å². The van der Waals surface area contributed by atoms with E-state index in [0.717, 1.165) is 11.3 Å². The lowest BCUT2D eigenvalue weighted by molar-refractivity contribution is 0.0952. The Bertz CT molecular complexity index is 1050. The number of nitrogens with zero attached hydrogens (tertiary/aromatic N) is 2. The largest absolute Gasteiger partial charge is 0.494 e. The molecule has 29 heavy (non-hydrogen) atoms. The van der Waals surface area contributed by atoms with Gasteiger partial charge >= 0.3 is 0 Å². The van der Waals surface area contributed by atoms with Crippen molar-refractivity contribution in [1.29, 1.82) is 0 Å². The van der Waals surface area contributed by atoms with Gasteiger partial charge < -0.3 is 10.1 Å². The van der Waals surface area contributed by atoms with Crippen LogP contribution >= 0.6 is 23.2 Å². The summed E-state index contributed by atoms with van der Waals surface area (Å²) in [6.45, 7) is 3.05. The summed E-state index contributed by atoms with van der Waals surface area (Å²) in [4.78, 5) is 28.9. The molecule has 8 heteroatoms. The van der Waals surface area contributed by atoms with E-state index in [2.05, 4.69) is 10.3 Å². The van der Waals surface area contributed by atoms with Gasteiger partial charge in [0.1, 0.15) is 5.75 Å². The minimum absolute atomic E-state index is 0.205. The first kappa shape index (κ1) is 20.9. The first-order valence-electron chi connectivity index (χ1n) is 9.00. The predicted molar refractivity (Wildman–Crippen MR) is 114 cm³/mol. The molecule has 3 rings (SSSR count). The maximum absolute atomic E-state index is 12.4. The summed E-state index contributed by atoms with van der Waals surface area (Å²) < 4.78 is 6.85. The van der Waals surface area contributed by atoms with Crippen molar-refractivity contribution in [2.75, 3.05) is 13.2 Å². The highest BCUT2D eigenvalue weighted by Gasteiger charge is 2.08. The number of rotatable bonds is 7. The number of hydrogen-bond donors (Lipinski definition) is 1. The van der Waals surface area contributed by atoms with E-state index in [-0.39, 0.29) is 24.6 Å². The van der Waals surface area contributed by atoms with Gasteiger partial charge in [-0.15, -0.1) is 0 Å². The van der Waals surface area contributed by atoms with Crippen molar-refractivity contribution >= 4 is 29.1 Å². The molecule has 0 bridgehead atoms. The fraction of sp³-hybridized carbons (Fsp3) is 0.190. The van der Waals surface area contributed by atoms with Crippen LogP contribution < -0.4 is 15.6 Å². The summed E-state index contributed by atoms with van der Waals surface area (Å²) in [6, 6.07) is 13.5. The Labute approximate surface area is 178 Å². The average Bonchev–Trinajstić information content (AvgIpc) is 2.69. The van der Waals surface area contributed by atoms with Crippen LogP contribution in [0.5, 0.6) is 5.75 Å². The first-order chi connectivity index (χ1) is 14.0. The van der Waals surface area contributed by atoms with Crippen molar-refractivity contribution in [2.45, 2.75) is 13.5 Å². The molecular formula is C21H19Cl2N3O3. The number of ether oxygens (including phenoxy) is 1. The molecular weight excluding hydrogens is 413 g/mol. The molecule has 0 saturated heterocycles. The van der Waals surface area contributed by atoms with Gasteiger partial charge in [-0.2, -0.15) is 0 Å². The predicted octanol–water partition coefficient (Wildman–Crippen LogP) is 4.05. The van der Waals surface area contributed by atoms with Gasteiger partial charge in [-0.05, 0) is 49.4 Å². The van der Waals surface area contributed by atoms with Gasteiger partial charge in [-0.1, -0.05) is 23.2 Å². The maximum atomic E-state index is 12.4. The number of benzene rings is 2. The average molecular weight is 432 g/mol. The van der Waals surface area contributed by atoms with Gasteiger partial charge in [0.2, 0.25) is 0 Å². The number of nitrogens with one attached hydrogen (secondary N) is 1. The number of amides is 1. The van der Waals surface area contributed by atoms with Crippen LogP contribution in [0.15, 0.2) is 59.7 Å². The molecule has 3 aromatic rings. The maximum Gasteiger partial charge on any atom is 0.253 e. The van der Waals surface area contributed by atoms with Crippen molar-refractivity contribution in [2.24, 2.45) is 0 Å². The van der Waals surface area contributed by atoms with E-state index in [4.69, 9.17) is 27.9 Å². The molecule has 0 aliphatic carbocycles. The van der Waals surface area contributed by atoms with Crippen LogP contribution in [0, 0.1) is 0 Å². The second-order valence-electron chi connectivity index (χ2n) is 6.18. The normalized spacial score (nSPS) is 10.6. The Hall–Kier alpha value is -2.83. The van der Waals surface area contributed by atoms with Crippen LogP contribution in [0.4, 0.5) is 0 Å². The van der Waals surface area contributed by atoms with Crippen LogP contribution in [0.2, 0.25) is 10.0 Å². The fourth-order valence-electron chi connectivity index (χ4n) is 2.72. The summed E-state index contributed by atoms with van der Waals surface area (Å²) in [5.74, 6) is 0.447. The zero-order valence-electron chi connectivity index (χ0n) is 15.7. The molecule has 0 saturated carbocycles. The molecule has 0 fully saturated rings. The minimum Gasteiger partial charge on any atom is -0.494 e. The highest BCUT2D eigenvalue weighted by Crippen LogP contribution is 2.20. The van der Waals surface area contributed by atoms with Crippen molar-refractivity contribution in [3.63, 3.8) is 0 Å². The van der Waals surface area contributed by atoms with E-state index in [1.54, 1.807) is 6.07 Å². The number of carbonyl (C=O) groups excluding carboxylic acids is 1. The van der Waals surface area contributed by atoms with Crippen molar-refractivity contribution in [3.05, 3.63) is 80.8 Å².